The van der Waals surface area contributed by atoms with Crippen LogP contribution in [0.2, 0.25) is 0 Å². The van der Waals surface area contributed by atoms with E-state index in [1.54, 1.807) is 22.2 Å². The van der Waals surface area contributed by atoms with Crippen LogP contribution in [0.15, 0.2) is 17.8 Å². The number of aromatic nitrogens is 4. The Morgan fingerprint density at radius 2 is 2.11 bits per heavy atom. The lowest BCUT2D eigenvalue weighted by atomic mass is 10.4. The first-order valence-electron chi connectivity index (χ1n) is 5.85. The molecule has 0 radical (unpaired) electrons. The van der Waals surface area contributed by atoms with Gasteiger partial charge in [-0.25, -0.2) is 9.67 Å². The van der Waals surface area contributed by atoms with E-state index in [2.05, 4.69) is 15.3 Å². The molecular weight excluding hydrogens is 252 g/mol. The molecule has 2 rings (SSSR count). The van der Waals surface area contributed by atoms with Gasteiger partial charge in [0, 0.05) is 24.8 Å². The molecule has 2 heterocycles. The van der Waals surface area contributed by atoms with Gasteiger partial charge in [-0.05, 0) is 13.8 Å². The summed E-state index contributed by atoms with van der Waals surface area (Å²) in [7, 11) is 0. The Morgan fingerprint density at radius 3 is 2.72 bits per heavy atom. The Morgan fingerprint density at radius 1 is 1.33 bits per heavy atom. The molecule has 0 unspecified atom stereocenters. The van der Waals surface area contributed by atoms with Gasteiger partial charge in [-0.3, -0.25) is 0 Å². The van der Waals surface area contributed by atoms with E-state index in [1.165, 1.54) is 0 Å². The molecule has 0 aromatic carbocycles. The average molecular weight is 268 g/mol. The second kappa shape index (κ2) is 6.58. The highest BCUT2D eigenvalue weighted by atomic mass is 32.1. The van der Waals surface area contributed by atoms with Crippen molar-refractivity contribution in [2.45, 2.75) is 26.7 Å². The first kappa shape index (κ1) is 13.1. The van der Waals surface area contributed by atoms with Crippen molar-refractivity contribution >= 4 is 11.3 Å². The molecule has 2 aromatic rings. The van der Waals surface area contributed by atoms with Gasteiger partial charge in [-0.2, -0.15) is 0 Å². The third kappa shape index (κ3) is 3.34. The minimum absolute atomic E-state index is 0.440. The van der Waals surface area contributed by atoms with E-state index in [9.17, 15) is 0 Å². The van der Waals surface area contributed by atoms with E-state index < -0.39 is 6.29 Å². The van der Waals surface area contributed by atoms with Crippen molar-refractivity contribution in [3.05, 3.63) is 28.5 Å². The predicted molar refractivity (Wildman–Crippen MR) is 67.2 cm³/mol. The second-order valence-electron chi connectivity index (χ2n) is 3.51. The lowest BCUT2D eigenvalue weighted by Crippen LogP contribution is -2.09. The maximum absolute atomic E-state index is 5.47. The Bertz CT molecular complexity index is 451. The average Bonchev–Trinajstić information content (AvgIpc) is 3.01. The Balaban J connectivity index is 2.03. The Labute approximate surface area is 110 Å². The predicted octanol–water partition coefficient (Wildman–Crippen LogP) is 1.85. The lowest BCUT2D eigenvalue weighted by Gasteiger charge is -2.13. The van der Waals surface area contributed by atoms with Crippen LogP contribution >= 0.6 is 11.3 Å². The molecule has 0 fully saturated rings. The minimum Gasteiger partial charge on any atom is -0.347 e. The first-order chi connectivity index (χ1) is 8.83. The summed E-state index contributed by atoms with van der Waals surface area (Å²) in [5.41, 5.74) is 0.690. The van der Waals surface area contributed by atoms with Crippen LogP contribution in [0, 0.1) is 0 Å². The zero-order valence-electron chi connectivity index (χ0n) is 10.4. The summed E-state index contributed by atoms with van der Waals surface area (Å²) in [6, 6.07) is 0. The van der Waals surface area contributed by atoms with Crippen LogP contribution in [-0.2, 0) is 16.0 Å². The Kier molecular flexibility index (Phi) is 4.80. The van der Waals surface area contributed by atoms with Crippen molar-refractivity contribution in [3.63, 3.8) is 0 Å². The zero-order valence-corrected chi connectivity index (χ0v) is 11.3. The number of nitrogens with zero attached hydrogens (tertiary/aromatic N) is 4. The molecule has 0 aliphatic rings. The molecule has 0 spiro atoms. The van der Waals surface area contributed by atoms with Crippen LogP contribution in [0.1, 0.15) is 30.8 Å². The number of rotatable bonds is 7. The van der Waals surface area contributed by atoms with Crippen LogP contribution in [0.25, 0.3) is 0 Å². The van der Waals surface area contributed by atoms with E-state index in [-0.39, 0.29) is 0 Å². The van der Waals surface area contributed by atoms with Gasteiger partial charge in [-0.15, -0.1) is 16.4 Å². The molecule has 0 aliphatic carbocycles. The number of ether oxygens (including phenoxy) is 2. The fourth-order valence-electron chi connectivity index (χ4n) is 1.49. The maximum atomic E-state index is 5.47. The smallest absolute Gasteiger partial charge is 0.204 e. The summed E-state index contributed by atoms with van der Waals surface area (Å²) >= 11 is 1.59. The summed E-state index contributed by atoms with van der Waals surface area (Å²) < 4.78 is 12.7. The van der Waals surface area contributed by atoms with Crippen molar-refractivity contribution in [1.29, 1.82) is 0 Å². The van der Waals surface area contributed by atoms with Crippen LogP contribution in [-0.4, -0.2) is 33.2 Å². The lowest BCUT2D eigenvalue weighted by molar-refractivity contribution is -0.142. The monoisotopic (exact) mass is 268 g/mol. The molecule has 7 heteroatoms. The highest BCUT2D eigenvalue weighted by molar-refractivity contribution is 7.09. The van der Waals surface area contributed by atoms with Gasteiger partial charge in [0.25, 0.3) is 0 Å². The standard InChI is InChI=1S/C11H16N4O2S/c1-3-16-11(17-4-2)9-7-15(14-13-9)8-10-12-5-6-18-10/h5-7,11H,3-4,8H2,1-2H3. The summed E-state index contributed by atoms with van der Waals surface area (Å²) in [6.07, 6.45) is 3.17. The number of hydrogen-bond donors (Lipinski definition) is 0. The normalized spacial score (nSPS) is 11.3. The highest BCUT2D eigenvalue weighted by Gasteiger charge is 2.15. The molecule has 0 aliphatic heterocycles. The third-order valence-electron chi connectivity index (χ3n) is 2.21. The number of thiazole rings is 1. The molecule has 6 nitrogen and oxygen atoms in total. The van der Waals surface area contributed by atoms with E-state index in [0.717, 1.165) is 5.01 Å². The molecule has 0 N–H and O–H groups in total. The van der Waals surface area contributed by atoms with E-state index in [4.69, 9.17) is 9.47 Å². The highest BCUT2D eigenvalue weighted by Crippen LogP contribution is 2.16. The third-order valence-corrected chi connectivity index (χ3v) is 2.98. The summed E-state index contributed by atoms with van der Waals surface area (Å²) in [6.45, 7) is 5.61. The maximum Gasteiger partial charge on any atom is 0.204 e. The van der Waals surface area contributed by atoms with Crippen molar-refractivity contribution < 1.29 is 9.47 Å². The zero-order chi connectivity index (χ0) is 12.8. The molecule has 2 aromatic heterocycles. The summed E-state index contributed by atoms with van der Waals surface area (Å²) in [4.78, 5) is 4.21. The molecule has 0 amide bonds. The van der Waals surface area contributed by atoms with Gasteiger partial charge in [-0.1, -0.05) is 5.21 Å². The number of hydrogen-bond acceptors (Lipinski definition) is 6. The van der Waals surface area contributed by atoms with Gasteiger partial charge in [0.05, 0.1) is 12.7 Å². The van der Waals surface area contributed by atoms with Crippen molar-refractivity contribution in [3.8, 4) is 0 Å². The largest absolute Gasteiger partial charge is 0.347 e. The van der Waals surface area contributed by atoms with E-state index in [0.29, 0.717) is 25.5 Å². The molecule has 18 heavy (non-hydrogen) atoms. The topological polar surface area (TPSA) is 62.1 Å². The van der Waals surface area contributed by atoms with Gasteiger partial charge in [0.2, 0.25) is 6.29 Å². The van der Waals surface area contributed by atoms with Gasteiger partial charge in [0.1, 0.15) is 10.7 Å². The quantitative estimate of drug-likeness (QED) is 0.717. The van der Waals surface area contributed by atoms with Crippen molar-refractivity contribution in [2.24, 2.45) is 0 Å². The molecule has 98 valence electrons. The fraction of sp³-hybridized carbons (Fsp3) is 0.545. The van der Waals surface area contributed by atoms with Crippen molar-refractivity contribution in [2.75, 3.05) is 13.2 Å². The van der Waals surface area contributed by atoms with Crippen molar-refractivity contribution in [1.82, 2.24) is 20.0 Å². The van der Waals surface area contributed by atoms with Crippen LogP contribution in [0.5, 0.6) is 0 Å². The summed E-state index contributed by atoms with van der Waals surface area (Å²) in [5, 5.41) is 11.1. The van der Waals surface area contributed by atoms with Gasteiger partial charge in [0.15, 0.2) is 0 Å². The molecule has 0 saturated carbocycles. The van der Waals surface area contributed by atoms with Crippen LogP contribution in [0.3, 0.4) is 0 Å². The SMILES string of the molecule is CCOC(OCC)c1cn(Cc2nccs2)nn1. The Hall–Kier alpha value is -1.31. The summed E-state index contributed by atoms with van der Waals surface area (Å²) in [5.74, 6) is 0. The minimum atomic E-state index is -0.440. The van der Waals surface area contributed by atoms with E-state index in [1.807, 2.05) is 25.4 Å². The fourth-order valence-corrected chi connectivity index (χ4v) is 2.10. The van der Waals surface area contributed by atoms with Crippen LogP contribution in [0.4, 0.5) is 0 Å². The van der Waals surface area contributed by atoms with E-state index >= 15 is 0 Å². The molecular formula is C11H16N4O2S. The molecule has 0 saturated heterocycles. The van der Waals surface area contributed by atoms with Gasteiger partial charge < -0.3 is 9.47 Å². The van der Waals surface area contributed by atoms with Crippen LogP contribution < -0.4 is 0 Å². The molecule has 0 atom stereocenters. The second-order valence-corrected chi connectivity index (χ2v) is 4.49. The van der Waals surface area contributed by atoms with Gasteiger partial charge >= 0.3 is 0 Å². The first-order valence-corrected chi connectivity index (χ1v) is 6.73. The molecule has 0 bridgehead atoms.